The van der Waals surface area contributed by atoms with Gasteiger partial charge in [-0.2, -0.15) is 0 Å². The van der Waals surface area contributed by atoms with Crippen LogP contribution in [0.2, 0.25) is 0 Å². The lowest BCUT2D eigenvalue weighted by molar-refractivity contribution is 0.0600. The van der Waals surface area contributed by atoms with Crippen LogP contribution in [0.15, 0.2) is 53.0 Å². The Bertz CT molecular complexity index is 874. The van der Waals surface area contributed by atoms with Gasteiger partial charge in [0.05, 0.1) is 18.7 Å². The number of ether oxygens (including phenoxy) is 1. The SMILES string of the molecule is COC(=O)c1ccc2c(c1C)N[C@H](c1ccccc1Br)[C@H]1CC=C[C@@H]21. The molecule has 2 aliphatic rings. The minimum Gasteiger partial charge on any atom is -0.465 e. The number of anilines is 1. The molecule has 2 aromatic carbocycles. The first kappa shape index (κ1) is 16.4. The zero-order chi connectivity index (χ0) is 17.6. The van der Waals surface area contributed by atoms with Crippen molar-refractivity contribution in [1.29, 1.82) is 0 Å². The Hall–Kier alpha value is -2.07. The molecule has 1 aliphatic heterocycles. The molecular weight excluding hydrogens is 378 g/mol. The quantitative estimate of drug-likeness (QED) is 0.546. The van der Waals surface area contributed by atoms with Crippen LogP contribution in [0.5, 0.6) is 0 Å². The number of halogens is 1. The molecule has 3 atom stereocenters. The summed E-state index contributed by atoms with van der Waals surface area (Å²) in [7, 11) is 1.42. The average molecular weight is 398 g/mol. The molecule has 0 fully saturated rings. The summed E-state index contributed by atoms with van der Waals surface area (Å²) in [6.07, 6.45) is 5.64. The number of methoxy groups -OCH3 is 1. The second-order valence-corrected chi connectivity index (χ2v) is 7.55. The maximum absolute atomic E-state index is 12.1. The number of carbonyl (C=O) groups excluding carboxylic acids is 1. The predicted octanol–water partition coefficient (Wildman–Crippen LogP) is 5.37. The van der Waals surface area contributed by atoms with Crippen LogP contribution >= 0.6 is 15.9 Å². The van der Waals surface area contributed by atoms with Crippen molar-refractivity contribution in [3.8, 4) is 0 Å². The lowest BCUT2D eigenvalue weighted by Crippen LogP contribution is -2.30. The number of esters is 1. The molecule has 0 aromatic heterocycles. The number of benzene rings is 2. The third-order valence-corrected chi connectivity index (χ3v) is 6.17. The summed E-state index contributed by atoms with van der Waals surface area (Å²) in [5, 5.41) is 3.74. The van der Waals surface area contributed by atoms with E-state index in [2.05, 4.69) is 57.7 Å². The number of rotatable bonds is 2. The Labute approximate surface area is 156 Å². The number of hydrogen-bond donors (Lipinski definition) is 1. The van der Waals surface area contributed by atoms with Crippen LogP contribution in [-0.2, 0) is 4.74 Å². The molecule has 0 bridgehead atoms. The van der Waals surface area contributed by atoms with Gasteiger partial charge in [-0.1, -0.05) is 52.3 Å². The van der Waals surface area contributed by atoms with Gasteiger partial charge in [0.2, 0.25) is 0 Å². The van der Waals surface area contributed by atoms with Crippen LogP contribution in [0.1, 0.15) is 45.4 Å². The molecular formula is C21H20BrNO2. The van der Waals surface area contributed by atoms with Crippen molar-refractivity contribution in [2.75, 3.05) is 12.4 Å². The van der Waals surface area contributed by atoms with E-state index < -0.39 is 0 Å². The number of hydrogen-bond acceptors (Lipinski definition) is 3. The van der Waals surface area contributed by atoms with Crippen LogP contribution < -0.4 is 5.32 Å². The van der Waals surface area contributed by atoms with Gasteiger partial charge >= 0.3 is 5.97 Å². The second kappa shape index (κ2) is 6.34. The Morgan fingerprint density at radius 1 is 1.20 bits per heavy atom. The molecule has 3 nitrogen and oxygen atoms in total. The third-order valence-electron chi connectivity index (χ3n) is 5.44. The van der Waals surface area contributed by atoms with Gasteiger partial charge in [0.1, 0.15) is 0 Å². The van der Waals surface area contributed by atoms with E-state index in [1.54, 1.807) is 0 Å². The van der Waals surface area contributed by atoms with Crippen molar-refractivity contribution in [3.63, 3.8) is 0 Å². The summed E-state index contributed by atoms with van der Waals surface area (Å²) in [6, 6.07) is 12.5. The minimum atomic E-state index is -0.288. The molecule has 0 radical (unpaired) electrons. The van der Waals surface area contributed by atoms with Gasteiger partial charge in [-0.15, -0.1) is 0 Å². The van der Waals surface area contributed by atoms with E-state index in [0.29, 0.717) is 17.4 Å². The molecule has 4 rings (SSSR count). The molecule has 25 heavy (non-hydrogen) atoms. The molecule has 1 N–H and O–H groups in total. The van der Waals surface area contributed by atoms with Gasteiger partial charge in [-0.05, 0) is 48.1 Å². The van der Waals surface area contributed by atoms with Gasteiger partial charge in [0.25, 0.3) is 0 Å². The molecule has 4 heteroatoms. The van der Waals surface area contributed by atoms with Gasteiger partial charge < -0.3 is 10.1 Å². The number of carbonyl (C=O) groups is 1. The average Bonchev–Trinajstić information content (AvgIpc) is 3.11. The Kier molecular flexibility index (Phi) is 4.16. The van der Waals surface area contributed by atoms with Crippen molar-refractivity contribution in [2.24, 2.45) is 5.92 Å². The number of nitrogens with one attached hydrogen (secondary N) is 1. The summed E-state index contributed by atoms with van der Waals surface area (Å²) < 4.78 is 6.05. The largest absolute Gasteiger partial charge is 0.465 e. The van der Waals surface area contributed by atoms with Crippen molar-refractivity contribution in [3.05, 3.63) is 75.3 Å². The highest BCUT2D eigenvalue weighted by Gasteiger charge is 2.39. The zero-order valence-electron chi connectivity index (χ0n) is 14.3. The standard InChI is InChI=1S/C21H20BrNO2/c1-12-13(21(24)25-2)10-11-16-14-7-5-8-15(14)20(23-19(12)16)17-6-3-4-9-18(17)22/h3-7,9-11,14-15,20,23H,8H2,1-2H3/t14-,15+,20+/m1/s1. The topological polar surface area (TPSA) is 38.3 Å². The summed E-state index contributed by atoms with van der Waals surface area (Å²) in [6.45, 7) is 1.99. The van der Waals surface area contributed by atoms with E-state index in [4.69, 9.17) is 4.74 Å². The second-order valence-electron chi connectivity index (χ2n) is 6.69. The summed E-state index contributed by atoms with van der Waals surface area (Å²) >= 11 is 3.70. The first-order valence-electron chi connectivity index (χ1n) is 8.51. The molecule has 0 saturated heterocycles. The fraction of sp³-hybridized carbons (Fsp3) is 0.286. The first-order valence-corrected chi connectivity index (χ1v) is 9.30. The summed E-state index contributed by atoms with van der Waals surface area (Å²) in [5.41, 5.74) is 5.18. The van der Waals surface area contributed by atoms with E-state index in [9.17, 15) is 4.79 Å². The highest BCUT2D eigenvalue weighted by atomic mass is 79.9. The van der Waals surface area contributed by atoms with Crippen molar-refractivity contribution in [1.82, 2.24) is 0 Å². The van der Waals surface area contributed by atoms with Crippen LogP contribution in [-0.4, -0.2) is 13.1 Å². The van der Waals surface area contributed by atoms with E-state index in [0.717, 1.165) is 22.1 Å². The van der Waals surface area contributed by atoms with E-state index in [-0.39, 0.29) is 12.0 Å². The molecule has 0 saturated carbocycles. The maximum atomic E-state index is 12.1. The smallest absolute Gasteiger partial charge is 0.338 e. The molecule has 1 heterocycles. The lowest BCUT2D eigenvalue weighted by Gasteiger charge is -2.39. The highest BCUT2D eigenvalue weighted by molar-refractivity contribution is 9.10. The van der Waals surface area contributed by atoms with Crippen molar-refractivity contribution >= 4 is 27.6 Å². The van der Waals surface area contributed by atoms with Gasteiger partial charge in [0, 0.05) is 16.1 Å². The maximum Gasteiger partial charge on any atom is 0.338 e. The molecule has 0 unspecified atom stereocenters. The highest BCUT2D eigenvalue weighted by Crippen LogP contribution is 2.51. The van der Waals surface area contributed by atoms with E-state index >= 15 is 0 Å². The fourth-order valence-electron chi connectivity index (χ4n) is 4.18. The Morgan fingerprint density at radius 2 is 2.00 bits per heavy atom. The number of fused-ring (bicyclic) bond motifs is 3. The van der Waals surface area contributed by atoms with Crippen LogP contribution in [0, 0.1) is 12.8 Å². The van der Waals surface area contributed by atoms with Crippen LogP contribution in [0.3, 0.4) is 0 Å². The fourth-order valence-corrected chi connectivity index (χ4v) is 4.71. The van der Waals surface area contributed by atoms with Crippen LogP contribution in [0.25, 0.3) is 0 Å². The predicted molar refractivity (Wildman–Crippen MR) is 103 cm³/mol. The van der Waals surface area contributed by atoms with Gasteiger partial charge in [0.15, 0.2) is 0 Å². The molecule has 128 valence electrons. The van der Waals surface area contributed by atoms with Crippen molar-refractivity contribution < 1.29 is 9.53 Å². The summed E-state index contributed by atoms with van der Waals surface area (Å²) in [5.74, 6) is 0.567. The normalized spacial score (nSPS) is 23.6. The molecule has 0 spiro atoms. The third kappa shape index (κ3) is 2.60. The Balaban J connectivity index is 1.85. The minimum absolute atomic E-state index is 0.203. The van der Waals surface area contributed by atoms with Gasteiger partial charge in [-0.25, -0.2) is 4.79 Å². The van der Waals surface area contributed by atoms with Gasteiger partial charge in [-0.3, -0.25) is 0 Å². The van der Waals surface area contributed by atoms with Crippen molar-refractivity contribution in [2.45, 2.75) is 25.3 Å². The van der Waals surface area contributed by atoms with E-state index in [1.807, 2.05) is 19.1 Å². The zero-order valence-corrected chi connectivity index (χ0v) is 15.8. The monoisotopic (exact) mass is 397 g/mol. The lowest BCUT2D eigenvalue weighted by atomic mass is 9.76. The Morgan fingerprint density at radius 3 is 2.76 bits per heavy atom. The molecule has 1 aliphatic carbocycles. The van der Waals surface area contributed by atoms with Crippen LogP contribution in [0.4, 0.5) is 5.69 Å². The summed E-state index contributed by atoms with van der Waals surface area (Å²) in [4.78, 5) is 12.1. The molecule has 0 amide bonds. The number of allylic oxidation sites excluding steroid dienone is 2. The van der Waals surface area contributed by atoms with E-state index in [1.165, 1.54) is 18.2 Å². The first-order chi connectivity index (χ1) is 12.1. The molecule has 2 aromatic rings.